The fourth-order valence-corrected chi connectivity index (χ4v) is 3.55. The van der Waals surface area contributed by atoms with Crippen LogP contribution < -0.4 is 11.1 Å². The van der Waals surface area contributed by atoms with E-state index in [0.717, 1.165) is 12.0 Å². The first-order valence-electron chi connectivity index (χ1n) is 7.51. The van der Waals surface area contributed by atoms with Crippen molar-refractivity contribution in [3.63, 3.8) is 0 Å². The van der Waals surface area contributed by atoms with Crippen LogP contribution >= 0.6 is 11.3 Å². The first-order chi connectivity index (χ1) is 10.5. The van der Waals surface area contributed by atoms with Crippen LogP contribution in [-0.4, -0.2) is 13.0 Å². The largest absolute Gasteiger partial charge is 0.369 e. The van der Waals surface area contributed by atoms with Crippen LogP contribution in [0.25, 0.3) is 0 Å². The van der Waals surface area contributed by atoms with E-state index in [4.69, 9.17) is 5.73 Å². The van der Waals surface area contributed by atoms with Crippen molar-refractivity contribution in [2.75, 3.05) is 7.05 Å². The number of carbonyl (C=O) groups is 1. The number of nitrogens with two attached hydrogens (primary N) is 1. The molecule has 0 fully saturated rings. The number of carbonyl (C=O) groups excluding carboxylic acids is 1. The van der Waals surface area contributed by atoms with E-state index in [1.54, 1.807) is 11.3 Å². The zero-order chi connectivity index (χ0) is 16.2. The van der Waals surface area contributed by atoms with E-state index in [1.807, 2.05) is 39.1 Å². The summed E-state index contributed by atoms with van der Waals surface area (Å²) in [4.78, 5) is 12.0. The van der Waals surface area contributed by atoms with Gasteiger partial charge in [0.25, 0.3) is 0 Å². The Hall–Kier alpha value is -1.65. The van der Waals surface area contributed by atoms with Gasteiger partial charge in [0.15, 0.2) is 0 Å². The van der Waals surface area contributed by atoms with Crippen molar-refractivity contribution in [1.82, 2.24) is 5.32 Å². The van der Waals surface area contributed by atoms with Gasteiger partial charge in [0.05, 0.1) is 5.41 Å². The number of hydrogen-bond donors (Lipinski definition) is 2. The van der Waals surface area contributed by atoms with E-state index in [1.165, 1.54) is 5.56 Å². The van der Waals surface area contributed by atoms with E-state index in [9.17, 15) is 4.79 Å². The van der Waals surface area contributed by atoms with Crippen LogP contribution in [0.5, 0.6) is 0 Å². The Morgan fingerprint density at radius 2 is 1.91 bits per heavy atom. The lowest BCUT2D eigenvalue weighted by molar-refractivity contribution is -0.127. The summed E-state index contributed by atoms with van der Waals surface area (Å²) < 4.78 is 0. The van der Waals surface area contributed by atoms with Crippen LogP contribution in [0, 0.1) is 5.41 Å². The second-order valence-electron chi connectivity index (χ2n) is 6.18. The van der Waals surface area contributed by atoms with E-state index in [-0.39, 0.29) is 17.9 Å². The van der Waals surface area contributed by atoms with Gasteiger partial charge < -0.3 is 11.1 Å². The molecular weight excluding hydrogens is 292 g/mol. The van der Waals surface area contributed by atoms with Gasteiger partial charge in [-0.3, -0.25) is 4.79 Å². The molecule has 0 radical (unpaired) electrons. The van der Waals surface area contributed by atoms with E-state index in [0.29, 0.717) is 0 Å². The van der Waals surface area contributed by atoms with E-state index in [2.05, 4.69) is 34.3 Å². The highest BCUT2D eigenvalue weighted by Gasteiger charge is 2.37. The minimum Gasteiger partial charge on any atom is -0.369 e. The summed E-state index contributed by atoms with van der Waals surface area (Å²) in [5.41, 5.74) is 7.49. The third-order valence-corrected chi connectivity index (χ3v) is 5.18. The summed E-state index contributed by atoms with van der Waals surface area (Å²) in [6, 6.07) is 12.5. The molecule has 3 N–H and O–H groups in total. The molecule has 1 amide bonds. The number of thiophene rings is 1. The third kappa shape index (κ3) is 3.57. The molecular formula is C18H24N2OS. The van der Waals surface area contributed by atoms with Gasteiger partial charge in [-0.25, -0.2) is 0 Å². The molecule has 0 aliphatic heterocycles. The molecule has 2 unspecified atom stereocenters. The van der Waals surface area contributed by atoms with Crippen LogP contribution in [0.15, 0.2) is 47.2 Å². The van der Waals surface area contributed by atoms with E-state index < -0.39 is 5.41 Å². The van der Waals surface area contributed by atoms with Crippen molar-refractivity contribution < 1.29 is 4.79 Å². The lowest BCUT2D eigenvalue weighted by Gasteiger charge is -2.34. The van der Waals surface area contributed by atoms with Crippen molar-refractivity contribution in [2.45, 2.75) is 32.2 Å². The number of hydrogen-bond acceptors (Lipinski definition) is 3. The minimum atomic E-state index is -0.605. The Balaban J connectivity index is 2.35. The Labute approximate surface area is 136 Å². The maximum atomic E-state index is 12.0. The highest BCUT2D eigenvalue weighted by atomic mass is 32.1. The van der Waals surface area contributed by atoms with Gasteiger partial charge in [-0.15, -0.1) is 0 Å². The van der Waals surface area contributed by atoms with Gasteiger partial charge >= 0.3 is 0 Å². The molecule has 0 bridgehead atoms. The third-order valence-electron chi connectivity index (χ3n) is 4.47. The number of amides is 1. The summed E-state index contributed by atoms with van der Waals surface area (Å²) in [5.74, 6) is -0.204. The molecule has 4 heteroatoms. The van der Waals surface area contributed by atoms with Gasteiger partial charge in [0.2, 0.25) is 5.91 Å². The summed E-state index contributed by atoms with van der Waals surface area (Å²) >= 11 is 1.69. The summed E-state index contributed by atoms with van der Waals surface area (Å²) in [5, 5.41) is 7.60. The number of rotatable bonds is 7. The summed E-state index contributed by atoms with van der Waals surface area (Å²) in [6.07, 6.45) is 0.827. The lowest BCUT2D eigenvalue weighted by Crippen LogP contribution is -2.38. The van der Waals surface area contributed by atoms with Crippen molar-refractivity contribution in [2.24, 2.45) is 11.1 Å². The number of primary amides is 1. The molecule has 0 saturated heterocycles. The molecule has 2 rings (SSSR count). The molecule has 0 saturated carbocycles. The maximum Gasteiger partial charge on any atom is 0.223 e. The van der Waals surface area contributed by atoms with Gasteiger partial charge in [-0.05, 0) is 47.3 Å². The fourth-order valence-electron chi connectivity index (χ4n) is 2.83. The summed E-state index contributed by atoms with van der Waals surface area (Å²) in [7, 11) is 1.96. The first-order valence-corrected chi connectivity index (χ1v) is 8.45. The topological polar surface area (TPSA) is 55.1 Å². The Bertz CT molecular complexity index is 593. The Kier molecular flexibility index (Phi) is 5.37. The quantitative estimate of drug-likeness (QED) is 0.818. The molecule has 1 heterocycles. The number of benzene rings is 1. The van der Waals surface area contributed by atoms with Crippen molar-refractivity contribution in [1.29, 1.82) is 0 Å². The molecule has 0 aliphatic carbocycles. The Morgan fingerprint density at radius 1 is 1.23 bits per heavy atom. The van der Waals surface area contributed by atoms with Crippen LogP contribution in [0.1, 0.15) is 43.4 Å². The predicted molar refractivity (Wildman–Crippen MR) is 92.9 cm³/mol. The van der Waals surface area contributed by atoms with Crippen molar-refractivity contribution in [3.05, 3.63) is 58.3 Å². The maximum absolute atomic E-state index is 12.0. The molecule has 0 aliphatic rings. The average Bonchev–Trinajstić information content (AvgIpc) is 3.03. The van der Waals surface area contributed by atoms with Crippen LogP contribution in [0.4, 0.5) is 0 Å². The second kappa shape index (κ2) is 7.07. The second-order valence-corrected chi connectivity index (χ2v) is 6.96. The van der Waals surface area contributed by atoms with Crippen LogP contribution in [-0.2, 0) is 4.79 Å². The van der Waals surface area contributed by atoms with Gasteiger partial charge in [-0.2, -0.15) is 11.3 Å². The fraction of sp³-hybridized carbons (Fsp3) is 0.389. The molecule has 3 nitrogen and oxygen atoms in total. The van der Waals surface area contributed by atoms with Gasteiger partial charge in [-0.1, -0.05) is 44.2 Å². The van der Waals surface area contributed by atoms with Crippen LogP contribution in [0.3, 0.4) is 0 Å². The SMILES string of the molecule is CNC(CC(c1ccccc1)C(C)(C)C(N)=O)c1ccsc1. The first kappa shape index (κ1) is 16.7. The molecule has 118 valence electrons. The van der Waals surface area contributed by atoms with Crippen LogP contribution in [0.2, 0.25) is 0 Å². The van der Waals surface area contributed by atoms with Gasteiger partial charge in [0, 0.05) is 6.04 Å². The van der Waals surface area contributed by atoms with E-state index >= 15 is 0 Å². The molecule has 2 aromatic rings. The standard InChI is InChI=1S/C18H24N2OS/c1-18(2,17(19)21)15(13-7-5-4-6-8-13)11-16(20-3)14-9-10-22-12-14/h4-10,12,15-16,20H,11H2,1-3H3,(H2,19,21). The molecule has 1 aromatic carbocycles. The normalized spacial score (nSPS) is 14.5. The molecule has 2 atom stereocenters. The zero-order valence-electron chi connectivity index (χ0n) is 13.4. The van der Waals surface area contributed by atoms with Crippen molar-refractivity contribution >= 4 is 17.2 Å². The van der Waals surface area contributed by atoms with Crippen molar-refractivity contribution in [3.8, 4) is 0 Å². The smallest absolute Gasteiger partial charge is 0.223 e. The lowest BCUT2D eigenvalue weighted by atomic mass is 9.71. The monoisotopic (exact) mass is 316 g/mol. The zero-order valence-corrected chi connectivity index (χ0v) is 14.2. The minimum absolute atomic E-state index is 0.0588. The molecule has 1 aromatic heterocycles. The summed E-state index contributed by atoms with van der Waals surface area (Å²) in [6.45, 7) is 3.88. The van der Waals surface area contributed by atoms with Gasteiger partial charge in [0.1, 0.15) is 0 Å². The highest BCUT2D eigenvalue weighted by molar-refractivity contribution is 7.07. The molecule has 0 spiro atoms. The average molecular weight is 316 g/mol. The predicted octanol–water partition coefficient (Wildman–Crippen LogP) is 3.69. The Morgan fingerprint density at radius 3 is 2.41 bits per heavy atom. The highest BCUT2D eigenvalue weighted by Crippen LogP contribution is 2.41. The number of nitrogens with one attached hydrogen (secondary N) is 1. The molecule has 22 heavy (non-hydrogen) atoms.